The van der Waals surface area contributed by atoms with Crippen molar-refractivity contribution in [3.05, 3.63) is 215 Å². The fourth-order valence-electron chi connectivity index (χ4n) is 10.2. The van der Waals surface area contributed by atoms with Gasteiger partial charge in [-0.3, -0.25) is 60.7 Å². The molecule has 3 saturated heterocycles. The molecule has 3 aliphatic heterocycles. The molecule has 34 heteroatoms. The first-order valence-corrected chi connectivity index (χ1v) is 30.4. The van der Waals surface area contributed by atoms with Gasteiger partial charge in [-0.2, -0.15) is 15.3 Å². The highest BCUT2D eigenvalue weighted by atomic mass is 16.6. The number of non-ortho nitro benzene ring substituents is 3. The van der Waals surface area contributed by atoms with Crippen LogP contribution in [0.3, 0.4) is 0 Å². The van der Waals surface area contributed by atoms with E-state index in [1.165, 1.54) is 74.3 Å². The zero-order chi connectivity index (χ0) is 72.6. The number of carboxylic acids is 1. The maximum Gasteiger partial charge on any atom is 0.407 e. The summed E-state index contributed by atoms with van der Waals surface area (Å²) in [5, 5.41) is 74.2. The van der Waals surface area contributed by atoms with Gasteiger partial charge >= 0.3 is 30.2 Å². The number of rotatable bonds is 21. The maximum atomic E-state index is 12.0. The van der Waals surface area contributed by atoms with Crippen molar-refractivity contribution in [1.82, 2.24) is 36.3 Å². The molecule has 0 spiro atoms. The lowest BCUT2D eigenvalue weighted by atomic mass is 9.98. The van der Waals surface area contributed by atoms with Crippen molar-refractivity contribution in [2.45, 2.75) is 52.4 Å². The summed E-state index contributed by atoms with van der Waals surface area (Å²) >= 11 is 0. The fraction of sp³-hybridized carbons (Fsp3) is 0.209. The van der Waals surface area contributed by atoms with Crippen molar-refractivity contribution in [2.24, 2.45) is 21.2 Å². The number of carbonyl (C=O) groups excluding carboxylic acids is 7. The average Bonchev–Trinajstić information content (AvgIpc) is 1.62. The number of ether oxygens (including phenoxy) is 2. The molecular formula is C67H61N13O21. The van der Waals surface area contributed by atoms with Crippen LogP contribution in [-0.4, -0.2) is 146 Å². The second-order valence-corrected chi connectivity index (χ2v) is 22.4. The van der Waals surface area contributed by atoms with Gasteiger partial charge in [0, 0.05) is 77.2 Å². The number of nitrogens with zero attached hydrogens (tertiary/aromatic N) is 9. The van der Waals surface area contributed by atoms with Crippen molar-refractivity contribution in [3.8, 4) is 45.1 Å². The number of aliphatic carboxylic acids is 1. The van der Waals surface area contributed by atoms with Crippen LogP contribution in [0.5, 0.6) is 0 Å². The highest BCUT2D eigenvalue weighted by Gasteiger charge is 2.32. The van der Waals surface area contributed by atoms with E-state index in [9.17, 15) is 73.8 Å². The predicted molar refractivity (Wildman–Crippen MR) is 356 cm³/mol. The molecule has 8 aromatic rings. The molecule has 3 aromatic heterocycles. The monoisotopic (exact) mass is 1380 g/mol. The lowest BCUT2D eigenvalue weighted by molar-refractivity contribution is -0.385. The van der Waals surface area contributed by atoms with E-state index >= 15 is 0 Å². The standard InChI is InChI=1S/C20H21NO4.C16H14N4O6.C16H14N4O5.C15H12N4O6/c1-12(2)18(19(22)23)21-20(24)25-11-17-15-9-5-3-7-13(15)14-8-4-6-10-16(14)17;1-25-9-11-6-13(10-2-4-12(5-3-10)20(23)24)26-14(11)7-17-19-8-15(21)18-16(19)22;1-2-10-7-13(11-3-5-12(6-4-11)20(23)24)25-14(10)8-17-19-9-15(21)18-16(19)22;20-8-10-5-12(9-1-3-11(4-2-9)19(23)24)25-13(10)6-16-18-7-14(21)17-15(18)22/h3-10,12,17-18H,11H2,1-2H3,(H,21,24)(H,22,23);2-7H,8-9H2,1H3,(H,18,21,22);3-8H,2,9H2,1H3,(H,18,21,22);1-6,20H,7-8H2,(H,17,21,22)/b;17-7+;17-8+;16-6+/t18-;;;/m0.../s1. The number of aryl methyl sites for hydroxylation is 1. The number of aliphatic hydroxyl groups excluding tert-OH is 1. The van der Waals surface area contributed by atoms with Gasteiger partial charge in [-0.1, -0.05) is 69.3 Å². The molecular weight excluding hydrogens is 1320 g/mol. The van der Waals surface area contributed by atoms with E-state index in [0.717, 1.165) is 42.8 Å². The quantitative estimate of drug-likeness (QED) is 0.0169. The Morgan fingerprint density at radius 2 is 0.941 bits per heavy atom. The summed E-state index contributed by atoms with van der Waals surface area (Å²) in [6.45, 7) is 5.01. The highest BCUT2D eigenvalue weighted by molar-refractivity contribution is 6.03. The molecule has 5 aromatic carbocycles. The third-order valence-electron chi connectivity index (χ3n) is 15.3. The molecule has 1 aliphatic carbocycles. The third-order valence-corrected chi connectivity index (χ3v) is 15.3. The number of hydrogen-bond acceptors (Lipinski definition) is 23. The number of urea groups is 3. The molecule has 0 radical (unpaired) electrons. The van der Waals surface area contributed by atoms with E-state index in [0.29, 0.717) is 63.0 Å². The molecule has 520 valence electrons. The minimum absolute atomic E-state index is 0.00230. The van der Waals surface area contributed by atoms with Gasteiger partial charge in [-0.15, -0.1) is 0 Å². The zero-order valence-electron chi connectivity index (χ0n) is 53.9. The molecule has 6 N–H and O–H groups in total. The van der Waals surface area contributed by atoms with E-state index in [1.807, 2.05) is 49.4 Å². The number of nitro benzene ring substituents is 3. The van der Waals surface area contributed by atoms with Crippen LogP contribution in [0.1, 0.15) is 71.8 Å². The number of nitro groups is 3. The number of amides is 10. The topological polar surface area (TPSA) is 459 Å². The minimum atomic E-state index is -1.07. The lowest BCUT2D eigenvalue weighted by Gasteiger charge is -2.19. The van der Waals surface area contributed by atoms with E-state index in [2.05, 4.69) is 48.7 Å². The minimum Gasteiger partial charge on any atom is -0.480 e. The number of furan rings is 3. The first-order chi connectivity index (χ1) is 48.4. The predicted octanol–water partition coefficient (Wildman–Crippen LogP) is 9.06. The Morgan fingerprint density at radius 1 is 0.584 bits per heavy atom. The van der Waals surface area contributed by atoms with Crippen molar-refractivity contribution in [1.29, 1.82) is 0 Å². The number of carbonyl (C=O) groups is 8. The van der Waals surface area contributed by atoms with E-state index < -0.39 is 68.7 Å². The Kier molecular flexibility index (Phi) is 23.2. The molecule has 6 heterocycles. The van der Waals surface area contributed by atoms with Gasteiger partial charge in [0.2, 0.25) is 17.7 Å². The molecule has 4 aliphatic rings. The van der Waals surface area contributed by atoms with E-state index in [4.69, 9.17) is 27.8 Å². The summed E-state index contributed by atoms with van der Waals surface area (Å²) in [7, 11) is 1.52. The summed E-state index contributed by atoms with van der Waals surface area (Å²) in [5.41, 5.74) is 8.33. The van der Waals surface area contributed by atoms with Crippen molar-refractivity contribution < 1.29 is 86.1 Å². The molecule has 101 heavy (non-hydrogen) atoms. The summed E-state index contributed by atoms with van der Waals surface area (Å²) in [5.74, 6) is -0.233. The fourth-order valence-corrected chi connectivity index (χ4v) is 10.2. The molecule has 0 unspecified atom stereocenters. The van der Waals surface area contributed by atoms with Crippen molar-refractivity contribution >= 4 is 83.6 Å². The summed E-state index contributed by atoms with van der Waals surface area (Å²) in [6, 6.07) is 36.0. The number of aliphatic hydroxyl groups is 1. The van der Waals surface area contributed by atoms with Crippen LogP contribution in [0.25, 0.3) is 45.1 Å². The van der Waals surface area contributed by atoms with E-state index in [-0.39, 0.29) is 74.1 Å². The summed E-state index contributed by atoms with van der Waals surface area (Å²) in [4.78, 5) is 122. The number of carboxylic acid groups (broad SMARTS) is 1. The second-order valence-electron chi connectivity index (χ2n) is 22.4. The Bertz CT molecular complexity index is 4390. The first kappa shape index (κ1) is 71.9. The van der Waals surface area contributed by atoms with Gasteiger partial charge in [0.05, 0.1) is 46.6 Å². The van der Waals surface area contributed by atoms with Crippen LogP contribution in [0.4, 0.5) is 36.2 Å². The SMILES string of the molecule is CC(C)[C@H](NC(=O)OCC1c2ccccc2-c2ccccc21)C(=O)O.CCc1cc(-c2ccc([N+](=O)[O-])cc2)oc1/C=N/N1CC(=O)NC1=O.COCc1cc(-c2ccc([N+](=O)[O-])cc2)oc1/C=N/N1CC(=O)NC1=O.O=C1CN(/N=C/c2oc(-c3ccc([N+](=O)[O-])cc3)cc2CO)C(=O)N1. The Balaban J connectivity index is 0.000000157. The van der Waals surface area contributed by atoms with E-state index in [1.54, 1.807) is 50.2 Å². The summed E-state index contributed by atoms with van der Waals surface area (Å²) < 4.78 is 27.6. The maximum absolute atomic E-state index is 12.0. The number of fused-ring (bicyclic) bond motifs is 3. The lowest BCUT2D eigenvalue weighted by Crippen LogP contribution is -2.44. The Hall–Kier alpha value is -13.4. The zero-order valence-corrected chi connectivity index (χ0v) is 53.9. The molecule has 0 bridgehead atoms. The molecule has 1 atom stereocenters. The van der Waals surface area contributed by atoms with Gasteiger partial charge in [0.1, 0.15) is 49.6 Å². The molecule has 0 saturated carbocycles. The smallest absolute Gasteiger partial charge is 0.407 e. The number of nitrogens with one attached hydrogen (secondary N) is 4. The number of hydrogen-bond donors (Lipinski definition) is 6. The molecule has 34 nitrogen and oxygen atoms in total. The normalized spacial score (nSPS) is 14.2. The van der Waals surface area contributed by atoms with Crippen molar-refractivity contribution in [3.63, 3.8) is 0 Å². The average molecular weight is 1380 g/mol. The molecule has 3 fully saturated rings. The van der Waals surface area contributed by atoms with Crippen LogP contribution in [0.15, 0.2) is 168 Å². The Labute approximate surface area is 570 Å². The number of imide groups is 3. The first-order valence-electron chi connectivity index (χ1n) is 30.4. The number of benzene rings is 5. The van der Waals surface area contributed by atoms with Crippen molar-refractivity contribution in [2.75, 3.05) is 33.4 Å². The van der Waals surface area contributed by atoms with Gasteiger partial charge < -0.3 is 38.3 Å². The number of methoxy groups -OCH3 is 1. The number of alkyl carbamates (subject to hydrolysis) is 1. The number of hydrazone groups is 3. The molecule has 10 amide bonds. The Morgan fingerprint density at radius 3 is 1.27 bits per heavy atom. The van der Waals surface area contributed by atoms with Crippen LogP contribution in [-0.2, 0) is 48.3 Å². The van der Waals surface area contributed by atoms with Crippen LogP contribution >= 0.6 is 0 Å². The second kappa shape index (κ2) is 32.6. The van der Waals surface area contributed by atoms with Crippen LogP contribution in [0.2, 0.25) is 0 Å². The van der Waals surface area contributed by atoms with Gasteiger partial charge in [-0.05, 0) is 94.8 Å². The molecule has 12 rings (SSSR count). The largest absolute Gasteiger partial charge is 0.480 e. The highest BCUT2D eigenvalue weighted by Crippen LogP contribution is 2.44. The third kappa shape index (κ3) is 18.0. The summed E-state index contributed by atoms with van der Waals surface area (Å²) in [6.07, 6.45) is 3.89. The van der Waals surface area contributed by atoms with Crippen LogP contribution in [0, 0.1) is 36.3 Å². The van der Waals surface area contributed by atoms with Crippen LogP contribution < -0.4 is 21.3 Å². The van der Waals surface area contributed by atoms with Gasteiger partial charge in [-0.25, -0.2) is 39.0 Å². The van der Waals surface area contributed by atoms with Gasteiger partial charge in [0.15, 0.2) is 17.3 Å². The van der Waals surface area contributed by atoms with Gasteiger partial charge in [0.25, 0.3) is 17.1 Å².